The van der Waals surface area contributed by atoms with E-state index >= 15 is 0 Å². The standard InChI is InChI=1S/C14H17N5O4/c1-7(2)12(21)17-14-16-11-10(13(22)18-14)15-6-19(11)9-4-3-8(5-20)23-9/h3-4,6-9,20H,5H2,1-2H3,(H2,16,17,18,21,22)/t8-,9+/m0/s1. The molecule has 0 fully saturated rings. The lowest BCUT2D eigenvalue weighted by Gasteiger charge is -2.14. The molecule has 1 aliphatic heterocycles. The summed E-state index contributed by atoms with van der Waals surface area (Å²) >= 11 is 0. The molecule has 122 valence electrons. The van der Waals surface area contributed by atoms with E-state index in [1.54, 1.807) is 30.6 Å². The fraction of sp³-hybridized carbons (Fsp3) is 0.429. The van der Waals surface area contributed by atoms with Crippen LogP contribution in [-0.2, 0) is 9.53 Å². The second kappa shape index (κ2) is 5.94. The number of rotatable bonds is 4. The Hall–Kier alpha value is -2.52. The first-order chi connectivity index (χ1) is 11.0. The normalized spacial score (nSPS) is 20.5. The van der Waals surface area contributed by atoms with Gasteiger partial charge in [0.2, 0.25) is 11.9 Å². The molecule has 0 bridgehead atoms. The van der Waals surface area contributed by atoms with Crippen molar-refractivity contribution >= 4 is 23.0 Å². The van der Waals surface area contributed by atoms with Gasteiger partial charge in [-0.05, 0) is 6.08 Å². The number of aromatic nitrogens is 4. The highest BCUT2D eigenvalue weighted by Gasteiger charge is 2.23. The Labute approximate surface area is 131 Å². The van der Waals surface area contributed by atoms with Crippen LogP contribution in [0.4, 0.5) is 5.95 Å². The highest BCUT2D eigenvalue weighted by Crippen LogP contribution is 2.23. The molecule has 0 saturated carbocycles. The molecule has 3 N–H and O–H groups in total. The van der Waals surface area contributed by atoms with Gasteiger partial charge in [0.15, 0.2) is 17.4 Å². The summed E-state index contributed by atoms with van der Waals surface area (Å²) in [4.78, 5) is 34.6. The Morgan fingerprint density at radius 2 is 2.30 bits per heavy atom. The number of aromatic amines is 1. The molecule has 9 nitrogen and oxygen atoms in total. The fourth-order valence-electron chi connectivity index (χ4n) is 2.18. The lowest BCUT2D eigenvalue weighted by atomic mass is 10.2. The number of ether oxygens (including phenoxy) is 1. The number of carbonyl (C=O) groups excluding carboxylic acids is 1. The zero-order valence-electron chi connectivity index (χ0n) is 12.7. The molecule has 0 aromatic carbocycles. The van der Waals surface area contributed by atoms with Crippen LogP contribution >= 0.6 is 0 Å². The summed E-state index contributed by atoms with van der Waals surface area (Å²) in [5.74, 6) is -0.438. The summed E-state index contributed by atoms with van der Waals surface area (Å²) in [6, 6.07) is 0. The molecular weight excluding hydrogens is 302 g/mol. The molecule has 3 heterocycles. The van der Waals surface area contributed by atoms with Gasteiger partial charge in [0.1, 0.15) is 6.10 Å². The quantitative estimate of drug-likeness (QED) is 0.690. The Morgan fingerprint density at radius 3 is 2.96 bits per heavy atom. The van der Waals surface area contributed by atoms with Crippen molar-refractivity contribution in [3.63, 3.8) is 0 Å². The predicted molar refractivity (Wildman–Crippen MR) is 81.8 cm³/mol. The van der Waals surface area contributed by atoms with Gasteiger partial charge in [-0.15, -0.1) is 0 Å². The summed E-state index contributed by atoms with van der Waals surface area (Å²) in [6.07, 6.45) is 4.00. The maximum atomic E-state index is 12.1. The van der Waals surface area contributed by atoms with Gasteiger partial charge in [-0.1, -0.05) is 19.9 Å². The van der Waals surface area contributed by atoms with E-state index < -0.39 is 17.9 Å². The number of nitrogens with zero attached hydrogens (tertiary/aromatic N) is 3. The van der Waals surface area contributed by atoms with Gasteiger partial charge in [-0.25, -0.2) is 4.98 Å². The lowest BCUT2D eigenvalue weighted by Crippen LogP contribution is -2.22. The number of carbonyl (C=O) groups is 1. The summed E-state index contributed by atoms with van der Waals surface area (Å²) < 4.78 is 7.16. The van der Waals surface area contributed by atoms with Gasteiger partial charge >= 0.3 is 0 Å². The minimum Gasteiger partial charge on any atom is -0.393 e. The maximum absolute atomic E-state index is 12.1. The summed E-state index contributed by atoms with van der Waals surface area (Å²) in [5.41, 5.74) is -0.00784. The van der Waals surface area contributed by atoms with E-state index in [9.17, 15) is 9.59 Å². The Morgan fingerprint density at radius 1 is 1.52 bits per heavy atom. The molecule has 1 amide bonds. The second-order valence-corrected chi connectivity index (χ2v) is 5.52. The van der Waals surface area contributed by atoms with Crippen molar-refractivity contribution in [1.82, 2.24) is 19.5 Å². The van der Waals surface area contributed by atoms with Gasteiger partial charge < -0.3 is 9.84 Å². The minimum absolute atomic E-state index is 0.0589. The molecule has 1 aliphatic rings. The third kappa shape index (κ3) is 2.88. The van der Waals surface area contributed by atoms with Gasteiger partial charge in [0.05, 0.1) is 12.9 Å². The van der Waals surface area contributed by atoms with Gasteiger partial charge in [0.25, 0.3) is 5.56 Å². The van der Waals surface area contributed by atoms with Crippen LogP contribution in [0.3, 0.4) is 0 Å². The number of H-pyrrole nitrogens is 1. The average molecular weight is 319 g/mol. The van der Waals surface area contributed by atoms with Crippen LogP contribution in [0, 0.1) is 5.92 Å². The highest BCUT2D eigenvalue weighted by atomic mass is 16.5. The second-order valence-electron chi connectivity index (χ2n) is 5.52. The number of anilines is 1. The molecule has 3 rings (SSSR count). The average Bonchev–Trinajstić information content (AvgIpc) is 3.12. The van der Waals surface area contributed by atoms with E-state index in [1.165, 1.54) is 6.33 Å². The molecule has 0 spiro atoms. The Bertz CT molecular complexity index is 822. The Kier molecular flexibility index (Phi) is 3.97. The molecule has 2 aromatic rings. The largest absolute Gasteiger partial charge is 0.393 e. The third-order valence-corrected chi connectivity index (χ3v) is 3.46. The van der Waals surface area contributed by atoms with Gasteiger partial charge in [-0.2, -0.15) is 4.98 Å². The van der Waals surface area contributed by atoms with Crippen molar-refractivity contribution in [3.05, 3.63) is 28.8 Å². The molecule has 9 heteroatoms. The number of fused-ring (bicyclic) bond motifs is 1. The van der Waals surface area contributed by atoms with Crippen molar-refractivity contribution in [2.45, 2.75) is 26.2 Å². The van der Waals surface area contributed by atoms with Crippen LogP contribution in [0.1, 0.15) is 20.1 Å². The molecule has 2 aromatic heterocycles. The van der Waals surface area contributed by atoms with Crippen LogP contribution in [0.25, 0.3) is 11.2 Å². The van der Waals surface area contributed by atoms with E-state index in [1.807, 2.05) is 0 Å². The van der Waals surface area contributed by atoms with Crippen LogP contribution in [0.2, 0.25) is 0 Å². The SMILES string of the molecule is CC(C)C(=O)Nc1nc2c(ncn2[C@H]2C=C[C@@H](CO)O2)c(=O)[nH]1. The zero-order valence-corrected chi connectivity index (χ0v) is 12.7. The minimum atomic E-state index is -0.514. The van der Waals surface area contributed by atoms with Crippen molar-refractivity contribution in [3.8, 4) is 0 Å². The van der Waals surface area contributed by atoms with E-state index in [4.69, 9.17) is 9.84 Å². The van der Waals surface area contributed by atoms with Crippen molar-refractivity contribution in [2.24, 2.45) is 5.92 Å². The zero-order chi connectivity index (χ0) is 16.6. The highest BCUT2D eigenvalue weighted by molar-refractivity contribution is 5.91. The van der Waals surface area contributed by atoms with Crippen molar-refractivity contribution < 1.29 is 14.6 Å². The smallest absolute Gasteiger partial charge is 0.280 e. The number of hydrogen-bond donors (Lipinski definition) is 3. The Balaban J connectivity index is 1.98. The fourth-order valence-corrected chi connectivity index (χ4v) is 2.18. The van der Waals surface area contributed by atoms with Gasteiger partial charge in [0, 0.05) is 5.92 Å². The number of imidazole rings is 1. The topological polar surface area (TPSA) is 122 Å². The van der Waals surface area contributed by atoms with E-state index in [0.29, 0.717) is 5.65 Å². The number of aliphatic hydroxyl groups excluding tert-OH is 1. The molecule has 0 unspecified atom stereocenters. The molecular formula is C14H17N5O4. The molecule has 0 saturated heterocycles. The monoisotopic (exact) mass is 319 g/mol. The van der Waals surface area contributed by atoms with Crippen LogP contribution in [0.5, 0.6) is 0 Å². The predicted octanol–water partition coefficient (Wildman–Crippen LogP) is 0.160. The van der Waals surface area contributed by atoms with E-state index in [-0.39, 0.29) is 29.9 Å². The van der Waals surface area contributed by atoms with Crippen LogP contribution in [-0.4, -0.2) is 43.2 Å². The molecule has 0 radical (unpaired) electrons. The van der Waals surface area contributed by atoms with E-state index in [2.05, 4.69) is 20.3 Å². The summed E-state index contributed by atoms with van der Waals surface area (Å²) in [7, 11) is 0. The maximum Gasteiger partial charge on any atom is 0.280 e. The molecule has 0 aliphatic carbocycles. The van der Waals surface area contributed by atoms with E-state index in [0.717, 1.165) is 0 Å². The van der Waals surface area contributed by atoms with Crippen LogP contribution in [0.15, 0.2) is 23.3 Å². The van der Waals surface area contributed by atoms with Gasteiger partial charge in [-0.3, -0.25) is 24.5 Å². The summed E-state index contributed by atoms with van der Waals surface area (Å²) in [6.45, 7) is 3.34. The number of aliphatic hydroxyl groups is 1. The van der Waals surface area contributed by atoms with Crippen molar-refractivity contribution in [1.29, 1.82) is 0 Å². The van der Waals surface area contributed by atoms with Crippen LogP contribution < -0.4 is 10.9 Å². The first-order valence-corrected chi connectivity index (χ1v) is 7.22. The third-order valence-electron chi connectivity index (χ3n) is 3.46. The van der Waals surface area contributed by atoms with Crippen molar-refractivity contribution in [2.75, 3.05) is 11.9 Å². The first-order valence-electron chi connectivity index (χ1n) is 7.22. The number of hydrogen-bond acceptors (Lipinski definition) is 6. The number of nitrogens with one attached hydrogen (secondary N) is 2. The lowest BCUT2D eigenvalue weighted by molar-refractivity contribution is -0.118. The molecule has 2 atom stereocenters. The molecule has 23 heavy (non-hydrogen) atoms. The summed E-state index contributed by atoms with van der Waals surface area (Å²) in [5, 5.41) is 11.7. The first kappa shape index (κ1) is 15.4. The number of amides is 1.